The molecule has 0 saturated heterocycles. The summed E-state index contributed by atoms with van der Waals surface area (Å²) in [4.78, 5) is 18.2. The molecule has 70 valence electrons. The van der Waals surface area contributed by atoms with Crippen molar-refractivity contribution < 1.29 is 9.59 Å². The summed E-state index contributed by atoms with van der Waals surface area (Å²) in [5, 5.41) is 0.770. The average Bonchev–Trinajstić information content (AvgIpc) is 2.15. The van der Waals surface area contributed by atoms with Gasteiger partial charge >= 0.3 is 9.28 Å². The molecule has 0 unspecified atom stereocenters. The first-order valence-electron chi connectivity index (χ1n) is 4.35. The summed E-state index contributed by atoms with van der Waals surface area (Å²) in [6, 6.07) is 9.71. The number of hydrogen-bond donors (Lipinski definition) is 2. The Labute approximate surface area is 80.0 Å². The minimum Gasteiger partial charge on any atom is -0.410 e. The molecule has 0 radical (unpaired) electrons. The van der Waals surface area contributed by atoms with Gasteiger partial charge in [-0.2, -0.15) is 0 Å². The molecular weight excluding hydrogens is 180 g/mol. The summed E-state index contributed by atoms with van der Waals surface area (Å²) in [6.07, 6.45) is 2.57. The zero-order valence-corrected chi connectivity index (χ0v) is 8.80. The number of hydrogen-bond acceptors (Lipinski definition) is 2. The van der Waals surface area contributed by atoms with Crippen LogP contribution in [0.4, 0.5) is 0 Å². The van der Waals surface area contributed by atoms with Crippen molar-refractivity contribution in [3.63, 3.8) is 0 Å². The molecule has 0 bridgehead atoms. The van der Waals surface area contributed by atoms with Gasteiger partial charge in [-0.15, -0.1) is 0 Å². The highest BCUT2D eigenvalue weighted by molar-refractivity contribution is 6.51. The van der Waals surface area contributed by atoms with Gasteiger partial charge in [0.2, 0.25) is 0 Å². The Balaban J connectivity index is 2.85. The van der Waals surface area contributed by atoms with Crippen molar-refractivity contribution in [2.45, 2.75) is 13.3 Å². The SMILES string of the molecule is CCC(=Cc1ccccc1)[SiH](O)O. The van der Waals surface area contributed by atoms with Crippen molar-refractivity contribution in [2.24, 2.45) is 0 Å². The van der Waals surface area contributed by atoms with Crippen LogP contribution in [0.25, 0.3) is 6.08 Å². The van der Waals surface area contributed by atoms with Crippen LogP contribution in [0.2, 0.25) is 0 Å². The van der Waals surface area contributed by atoms with Crippen LogP contribution in [0, 0.1) is 0 Å². The molecule has 0 aliphatic heterocycles. The van der Waals surface area contributed by atoms with Crippen molar-refractivity contribution >= 4 is 15.4 Å². The third kappa shape index (κ3) is 3.14. The molecule has 0 heterocycles. The van der Waals surface area contributed by atoms with Crippen LogP contribution in [-0.2, 0) is 0 Å². The molecule has 1 aromatic rings. The molecule has 0 spiro atoms. The van der Waals surface area contributed by atoms with Gasteiger partial charge in [0.1, 0.15) is 0 Å². The summed E-state index contributed by atoms with van der Waals surface area (Å²) >= 11 is 0. The van der Waals surface area contributed by atoms with Crippen LogP contribution >= 0.6 is 0 Å². The van der Waals surface area contributed by atoms with E-state index in [1.807, 2.05) is 43.3 Å². The topological polar surface area (TPSA) is 40.5 Å². The maximum Gasteiger partial charge on any atom is 0.346 e. The minimum atomic E-state index is -2.59. The van der Waals surface area contributed by atoms with Gasteiger partial charge in [0.25, 0.3) is 0 Å². The fourth-order valence-corrected chi connectivity index (χ4v) is 1.83. The lowest BCUT2D eigenvalue weighted by Crippen LogP contribution is -2.14. The third-order valence-corrected chi connectivity index (χ3v) is 3.13. The van der Waals surface area contributed by atoms with Crippen LogP contribution in [0.5, 0.6) is 0 Å². The van der Waals surface area contributed by atoms with E-state index >= 15 is 0 Å². The highest BCUT2D eigenvalue weighted by Gasteiger charge is 2.07. The zero-order chi connectivity index (χ0) is 9.68. The molecule has 0 fully saturated rings. The van der Waals surface area contributed by atoms with E-state index in [2.05, 4.69) is 0 Å². The monoisotopic (exact) mass is 194 g/mol. The van der Waals surface area contributed by atoms with Gasteiger partial charge in [-0.25, -0.2) is 0 Å². The Kier molecular flexibility index (Phi) is 3.89. The van der Waals surface area contributed by atoms with E-state index in [9.17, 15) is 0 Å². The molecule has 0 amide bonds. The van der Waals surface area contributed by atoms with E-state index in [-0.39, 0.29) is 0 Å². The fourth-order valence-electron chi connectivity index (χ4n) is 1.12. The van der Waals surface area contributed by atoms with Gasteiger partial charge in [-0.05, 0) is 17.2 Å². The first-order chi connectivity index (χ1) is 6.24. The summed E-state index contributed by atoms with van der Waals surface area (Å²) in [5.74, 6) is 0. The average molecular weight is 194 g/mol. The second-order valence-electron chi connectivity index (χ2n) is 2.86. The Morgan fingerprint density at radius 2 is 1.92 bits per heavy atom. The Morgan fingerprint density at radius 3 is 2.38 bits per heavy atom. The van der Waals surface area contributed by atoms with Crippen LogP contribution in [0.15, 0.2) is 35.5 Å². The van der Waals surface area contributed by atoms with E-state index in [1.165, 1.54) is 0 Å². The molecular formula is C10H14O2Si. The first-order valence-corrected chi connectivity index (χ1v) is 5.96. The van der Waals surface area contributed by atoms with Crippen molar-refractivity contribution in [3.05, 3.63) is 41.1 Å². The number of allylic oxidation sites excluding steroid dienone is 1. The molecule has 1 rings (SSSR count). The quantitative estimate of drug-likeness (QED) is 0.710. The second-order valence-corrected chi connectivity index (χ2v) is 4.35. The van der Waals surface area contributed by atoms with Crippen LogP contribution in [-0.4, -0.2) is 18.9 Å². The van der Waals surface area contributed by atoms with Crippen LogP contribution in [0.3, 0.4) is 0 Å². The third-order valence-electron chi connectivity index (χ3n) is 1.89. The Hall–Kier alpha value is -0.903. The minimum absolute atomic E-state index is 0.707. The summed E-state index contributed by atoms with van der Waals surface area (Å²) in [7, 11) is -2.59. The Morgan fingerprint density at radius 1 is 1.31 bits per heavy atom. The van der Waals surface area contributed by atoms with E-state index in [1.54, 1.807) is 0 Å². The number of benzene rings is 1. The highest BCUT2D eigenvalue weighted by atomic mass is 28.3. The van der Waals surface area contributed by atoms with Gasteiger partial charge < -0.3 is 9.59 Å². The van der Waals surface area contributed by atoms with Gasteiger partial charge in [0.05, 0.1) is 0 Å². The fraction of sp³-hybridized carbons (Fsp3) is 0.200. The van der Waals surface area contributed by atoms with Crippen molar-refractivity contribution in [3.8, 4) is 0 Å². The van der Waals surface area contributed by atoms with Crippen molar-refractivity contribution in [2.75, 3.05) is 0 Å². The molecule has 0 aliphatic rings. The van der Waals surface area contributed by atoms with E-state index < -0.39 is 9.28 Å². The molecule has 2 nitrogen and oxygen atoms in total. The lowest BCUT2D eigenvalue weighted by atomic mass is 10.2. The molecule has 2 N–H and O–H groups in total. The van der Waals surface area contributed by atoms with Crippen LogP contribution < -0.4 is 0 Å². The summed E-state index contributed by atoms with van der Waals surface area (Å²) in [6.45, 7) is 1.93. The largest absolute Gasteiger partial charge is 0.410 e. The Bertz CT molecular complexity index is 280. The van der Waals surface area contributed by atoms with Crippen LogP contribution in [0.1, 0.15) is 18.9 Å². The van der Waals surface area contributed by atoms with E-state index in [0.717, 1.165) is 10.8 Å². The molecule has 0 aromatic heterocycles. The normalized spacial score (nSPS) is 12.2. The van der Waals surface area contributed by atoms with Gasteiger partial charge in [-0.3, -0.25) is 0 Å². The lowest BCUT2D eigenvalue weighted by molar-refractivity contribution is 0.417. The van der Waals surface area contributed by atoms with Crippen molar-refractivity contribution in [1.82, 2.24) is 0 Å². The molecule has 3 heteroatoms. The molecule has 13 heavy (non-hydrogen) atoms. The predicted molar refractivity (Wildman–Crippen MR) is 56.3 cm³/mol. The van der Waals surface area contributed by atoms with Gasteiger partial charge in [-0.1, -0.05) is 43.3 Å². The standard InChI is InChI=1S/C10H14O2Si/c1-2-10(13(11)12)8-9-6-4-3-5-7-9/h3-8,11-13H,2H2,1H3. The lowest BCUT2D eigenvalue weighted by Gasteiger charge is -2.03. The van der Waals surface area contributed by atoms with E-state index in [0.29, 0.717) is 6.42 Å². The second kappa shape index (κ2) is 4.96. The first kappa shape index (κ1) is 10.2. The van der Waals surface area contributed by atoms with E-state index in [4.69, 9.17) is 9.59 Å². The molecule has 0 atom stereocenters. The molecule has 0 aliphatic carbocycles. The summed E-state index contributed by atoms with van der Waals surface area (Å²) < 4.78 is 0. The summed E-state index contributed by atoms with van der Waals surface area (Å²) in [5.41, 5.74) is 1.03. The number of rotatable bonds is 3. The molecule has 1 aromatic carbocycles. The zero-order valence-electron chi connectivity index (χ0n) is 7.64. The van der Waals surface area contributed by atoms with Gasteiger partial charge in [0.15, 0.2) is 0 Å². The molecule has 0 saturated carbocycles. The van der Waals surface area contributed by atoms with Crippen molar-refractivity contribution in [1.29, 1.82) is 0 Å². The highest BCUT2D eigenvalue weighted by Crippen LogP contribution is 2.09. The maximum atomic E-state index is 9.10. The smallest absolute Gasteiger partial charge is 0.346 e. The predicted octanol–water partition coefficient (Wildman–Crippen LogP) is 1.22. The van der Waals surface area contributed by atoms with Gasteiger partial charge in [0, 0.05) is 0 Å². The maximum absolute atomic E-state index is 9.10.